The molecule has 0 fully saturated rings. The monoisotopic (exact) mass is 421 g/mol. The van der Waals surface area contributed by atoms with E-state index in [2.05, 4.69) is 23.8 Å². The van der Waals surface area contributed by atoms with Crippen LogP contribution >= 0.6 is 0 Å². The van der Waals surface area contributed by atoms with Crippen LogP contribution in [0.4, 0.5) is 0 Å². The molecule has 7 heteroatoms. The highest BCUT2D eigenvalue weighted by atomic mass is 16.1. The predicted molar refractivity (Wildman–Crippen MR) is 123 cm³/mol. The van der Waals surface area contributed by atoms with E-state index in [0.29, 0.717) is 23.2 Å². The second kappa shape index (κ2) is 10.2. The summed E-state index contributed by atoms with van der Waals surface area (Å²) in [6, 6.07) is 5.18. The first-order chi connectivity index (χ1) is 15.0. The number of nitrogens with zero attached hydrogens (tertiary/aromatic N) is 3. The molecule has 3 rings (SSSR count). The molecule has 0 aliphatic heterocycles. The van der Waals surface area contributed by atoms with Crippen LogP contribution in [-0.4, -0.2) is 26.4 Å². The second-order valence-electron chi connectivity index (χ2n) is 7.87. The van der Waals surface area contributed by atoms with Gasteiger partial charge in [-0.25, -0.2) is 4.98 Å². The Balaban J connectivity index is 1.96. The second-order valence-corrected chi connectivity index (χ2v) is 7.87. The molecule has 3 heterocycles. The van der Waals surface area contributed by atoms with Gasteiger partial charge in [-0.1, -0.05) is 51.2 Å². The number of fused-ring (bicyclic) bond motifs is 2. The van der Waals surface area contributed by atoms with Crippen molar-refractivity contribution in [2.45, 2.75) is 58.9 Å². The van der Waals surface area contributed by atoms with Crippen LogP contribution in [-0.2, 0) is 6.54 Å². The average molecular weight is 422 g/mol. The maximum atomic E-state index is 13.2. The number of hydrogen-bond acceptors (Lipinski definition) is 4. The van der Waals surface area contributed by atoms with Crippen LogP contribution in [0.2, 0.25) is 0 Å². The Morgan fingerprint density at radius 1 is 1.23 bits per heavy atom. The van der Waals surface area contributed by atoms with Gasteiger partial charge in [0.05, 0.1) is 10.9 Å². The minimum absolute atomic E-state index is 0.0256. The molecule has 0 aliphatic rings. The summed E-state index contributed by atoms with van der Waals surface area (Å²) in [4.78, 5) is 30.6. The summed E-state index contributed by atoms with van der Waals surface area (Å²) in [7, 11) is 0. The van der Waals surface area contributed by atoms with Crippen molar-refractivity contribution in [3.8, 4) is 0 Å². The summed E-state index contributed by atoms with van der Waals surface area (Å²) in [6.45, 7) is 8.66. The van der Waals surface area contributed by atoms with Gasteiger partial charge >= 0.3 is 0 Å². The Bertz CT molecular complexity index is 1220. The number of nitrogens with one attached hydrogen (secondary N) is 2. The Hall–Kier alpha value is -3.22. The molecule has 0 atom stereocenters. The fraction of sp³-hybridized carbons (Fsp3) is 0.417. The topological polar surface area (TPSA) is 92.2 Å². The first-order valence-corrected chi connectivity index (χ1v) is 11.0. The van der Waals surface area contributed by atoms with Gasteiger partial charge in [-0.3, -0.25) is 19.4 Å². The number of rotatable bonds is 10. The lowest BCUT2D eigenvalue weighted by molar-refractivity contribution is 0.0950. The molecule has 31 heavy (non-hydrogen) atoms. The summed E-state index contributed by atoms with van der Waals surface area (Å²) in [5.41, 5.74) is 1.73. The zero-order chi connectivity index (χ0) is 22.4. The van der Waals surface area contributed by atoms with E-state index in [1.165, 1.54) is 29.7 Å². The molecule has 1 amide bonds. The van der Waals surface area contributed by atoms with Crippen molar-refractivity contribution in [1.29, 1.82) is 5.41 Å². The van der Waals surface area contributed by atoms with E-state index in [4.69, 9.17) is 5.41 Å². The molecule has 3 aromatic heterocycles. The third-order valence-electron chi connectivity index (χ3n) is 5.51. The van der Waals surface area contributed by atoms with Gasteiger partial charge in [0.15, 0.2) is 0 Å². The van der Waals surface area contributed by atoms with Gasteiger partial charge in [0.25, 0.3) is 11.5 Å². The van der Waals surface area contributed by atoms with Crippen molar-refractivity contribution in [1.82, 2.24) is 19.3 Å². The normalized spacial score (nSPS) is 11.2. The van der Waals surface area contributed by atoms with Gasteiger partial charge < -0.3 is 9.88 Å². The highest BCUT2D eigenvalue weighted by Gasteiger charge is 2.17. The number of aryl methyl sites for hydroxylation is 1. The summed E-state index contributed by atoms with van der Waals surface area (Å²) in [5, 5.41) is 11.8. The van der Waals surface area contributed by atoms with Crippen LogP contribution in [0, 0.1) is 12.3 Å². The predicted octanol–water partition coefficient (Wildman–Crippen LogP) is 3.71. The molecule has 0 aliphatic carbocycles. The quantitative estimate of drug-likeness (QED) is 0.297. The van der Waals surface area contributed by atoms with E-state index in [1.54, 1.807) is 22.9 Å². The van der Waals surface area contributed by atoms with E-state index in [-0.39, 0.29) is 29.1 Å². The molecule has 2 N–H and O–H groups in total. The molecule has 0 aromatic carbocycles. The molecule has 7 nitrogen and oxygen atoms in total. The lowest BCUT2D eigenvalue weighted by atomic mass is 10.1. The minimum atomic E-state index is -0.341. The number of carbonyl (C=O) groups excluding carboxylic acids is 1. The van der Waals surface area contributed by atoms with Gasteiger partial charge in [0.2, 0.25) is 0 Å². The summed E-state index contributed by atoms with van der Waals surface area (Å²) < 4.78 is 3.05. The third-order valence-corrected chi connectivity index (χ3v) is 5.51. The van der Waals surface area contributed by atoms with Crippen LogP contribution in [0.25, 0.3) is 16.7 Å². The van der Waals surface area contributed by atoms with E-state index in [1.807, 2.05) is 13.0 Å². The SMILES string of the molecule is C=CCn1c(=N)c(C(=O)NCCCCCCCC)cc2c(=O)n3cccc(C)c3nc21. The van der Waals surface area contributed by atoms with Gasteiger partial charge in [-0.2, -0.15) is 0 Å². The number of pyridine rings is 2. The van der Waals surface area contributed by atoms with E-state index in [9.17, 15) is 9.59 Å². The molecule has 164 valence electrons. The number of hydrogen-bond donors (Lipinski definition) is 2. The molecular weight excluding hydrogens is 390 g/mol. The maximum absolute atomic E-state index is 13.2. The fourth-order valence-corrected chi connectivity index (χ4v) is 3.78. The Kier molecular flexibility index (Phi) is 7.39. The van der Waals surface area contributed by atoms with E-state index < -0.39 is 0 Å². The smallest absolute Gasteiger partial charge is 0.267 e. The maximum Gasteiger partial charge on any atom is 0.267 e. The third kappa shape index (κ3) is 4.76. The van der Waals surface area contributed by atoms with Crippen molar-refractivity contribution >= 4 is 22.6 Å². The molecule has 0 saturated carbocycles. The van der Waals surface area contributed by atoms with E-state index >= 15 is 0 Å². The standard InChI is InChI=1S/C24H31N5O2/c1-4-6-7-8-9-10-13-26-23(30)18-16-19-22(28(14-5-2)20(18)25)27-21-17(3)12-11-15-29(21)24(19)31/h5,11-12,15-16,25H,2,4,6-10,13-14H2,1,3H3,(H,26,30). The van der Waals surface area contributed by atoms with Crippen molar-refractivity contribution in [3.05, 3.63) is 64.0 Å². The van der Waals surface area contributed by atoms with Gasteiger partial charge in [-0.05, 0) is 31.0 Å². The molecule has 0 bridgehead atoms. The zero-order valence-electron chi connectivity index (χ0n) is 18.4. The Labute approximate surface area is 182 Å². The number of allylic oxidation sites excluding steroid dienone is 1. The van der Waals surface area contributed by atoms with Crippen molar-refractivity contribution in [2.75, 3.05) is 6.54 Å². The molecule has 0 radical (unpaired) electrons. The molecule has 3 aromatic rings. The highest BCUT2D eigenvalue weighted by molar-refractivity contribution is 5.96. The Morgan fingerprint density at radius 2 is 1.97 bits per heavy atom. The largest absolute Gasteiger partial charge is 0.352 e. The van der Waals surface area contributed by atoms with Crippen molar-refractivity contribution in [2.24, 2.45) is 0 Å². The van der Waals surface area contributed by atoms with Crippen molar-refractivity contribution < 1.29 is 4.79 Å². The number of aromatic nitrogens is 3. The van der Waals surface area contributed by atoms with Gasteiger partial charge in [0, 0.05) is 19.3 Å². The highest BCUT2D eigenvalue weighted by Crippen LogP contribution is 2.13. The molecule has 0 unspecified atom stereocenters. The summed E-state index contributed by atoms with van der Waals surface area (Å²) in [6.07, 6.45) is 10.1. The van der Waals surface area contributed by atoms with Crippen molar-refractivity contribution in [3.63, 3.8) is 0 Å². The first-order valence-electron chi connectivity index (χ1n) is 11.0. The van der Waals surface area contributed by atoms with Crippen LogP contribution in [0.3, 0.4) is 0 Å². The van der Waals surface area contributed by atoms with Crippen LogP contribution in [0.1, 0.15) is 61.4 Å². The van der Waals surface area contributed by atoms with Crippen LogP contribution in [0.15, 0.2) is 41.8 Å². The average Bonchev–Trinajstić information content (AvgIpc) is 2.76. The molecular formula is C24H31N5O2. The van der Waals surface area contributed by atoms with Crippen LogP contribution < -0.4 is 16.4 Å². The number of amides is 1. The summed E-state index contributed by atoms with van der Waals surface area (Å²) in [5.74, 6) is -0.341. The molecule has 0 saturated heterocycles. The Morgan fingerprint density at radius 3 is 2.71 bits per heavy atom. The van der Waals surface area contributed by atoms with Crippen LogP contribution in [0.5, 0.6) is 0 Å². The summed E-state index contributed by atoms with van der Waals surface area (Å²) >= 11 is 0. The minimum Gasteiger partial charge on any atom is -0.352 e. The number of unbranched alkanes of at least 4 members (excludes halogenated alkanes) is 5. The number of carbonyl (C=O) groups is 1. The van der Waals surface area contributed by atoms with Gasteiger partial charge in [-0.15, -0.1) is 6.58 Å². The lowest BCUT2D eigenvalue weighted by Gasteiger charge is -2.14. The molecule has 0 spiro atoms. The van der Waals surface area contributed by atoms with E-state index in [0.717, 1.165) is 24.8 Å². The lowest BCUT2D eigenvalue weighted by Crippen LogP contribution is -2.35. The first kappa shape index (κ1) is 22.5. The fourth-order valence-electron chi connectivity index (χ4n) is 3.78. The van der Waals surface area contributed by atoms with Gasteiger partial charge in [0.1, 0.15) is 16.8 Å². The zero-order valence-corrected chi connectivity index (χ0v) is 18.4.